The van der Waals surface area contributed by atoms with Gasteiger partial charge in [0.1, 0.15) is 29.7 Å². The van der Waals surface area contributed by atoms with Gasteiger partial charge in [-0.05, 0) is 60.7 Å². The number of nitrogens with zero attached hydrogens (tertiary/aromatic N) is 1. The van der Waals surface area contributed by atoms with E-state index in [1.807, 2.05) is 18.2 Å². The van der Waals surface area contributed by atoms with Crippen LogP contribution in [0, 0.1) is 5.82 Å². The third kappa shape index (κ3) is 6.11. The molecule has 0 spiro atoms. The van der Waals surface area contributed by atoms with Crippen LogP contribution in [0.4, 0.5) is 10.2 Å². The number of carbonyl (C=O) groups excluding carboxylic acids is 2. The summed E-state index contributed by atoms with van der Waals surface area (Å²) < 4.78 is 23.3. The van der Waals surface area contributed by atoms with Crippen LogP contribution < -0.4 is 15.4 Å². The fraction of sp³-hybridized carbons (Fsp3) is 0.136. The van der Waals surface area contributed by atoms with Crippen LogP contribution in [0.3, 0.4) is 0 Å². The Balaban J connectivity index is 1.61. The van der Waals surface area contributed by atoms with Crippen molar-refractivity contribution in [2.45, 2.75) is 0 Å². The zero-order valence-corrected chi connectivity index (χ0v) is 16.2. The van der Waals surface area contributed by atoms with Crippen LogP contribution in [-0.4, -0.2) is 37.1 Å². The van der Waals surface area contributed by atoms with Gasteiger partial charge in [0.25, 0.3) is 0 Å². The molecule has 0 unspecified atom stereocenters. The van der Waals surface area contributed by atoms with Gasteiger partial charge in [0.15, 0.2) is 0 Å². The van der Waals surface area contributed by atoms with Crippen LogP contribution in [0.1, 0.15) is 0 Å². The summed E-state index contributed by atoms with van der Waals surface area (Å²) in [6, 6.07) is 18.2. The minimum atomic E-state index is -0.396. The number of hydrogen-bond donors (Lipinski definition) is 2. The van der Waals surface area contributed by atoms with E-state index < -0.39 is 5.91 Å². The zero-order chi connectivity index (χ0) is 21.3. The maximum atomic E-state index is 13.0. The molecule has 0 aliphatic rings. The molecule has 0 atom stereocenters. The summed E-state index contributed by atoms with van der Waals surface area (Å²) in [4.78, 5) is 27.7. The number of aromatic nitrogens is 1. The second-order valence-electron chi connectivity index (χ2n) is 6.25. The molecule has 0 radical (unpaired) electrons. The number of rotatable bonds is 8. The summed E-state index contributed by atoms with van der Waals surface area (Å²) in [5.74, 6) is 0.397. The molecular formula is C22H20FN3O4. The van der Waals surface area contributed by atoms with E-state index in [0.717, 1.165) is 5.56 Å². The molecule has 3 rings (SSSR count). The van der Waals surface area contributed by atoms with Crippen LogP contribution in [0.15, 0.2) is 66.7 Å². The van der Waals surface area contributed by atoms with E-state index in [0.29, 0.717) is 23.0 Å². The zero-order valence-electron chi connectivity index (χ0n) is 16.2. The number of anilines is 1. The van der Waals surface area contributed by atoms with Gasteiger partial charge in [0.05, 0.1) is 12.2 Å². The Morgan fingerprint density at radius 2 is 1.60 bits per heavy atom. The van der Waals surface area contributed by atoms with Crippen LogP contribution in [-0.2, 0) is 14.3 Å². The number of carbonyl (C=O) groups is 2. The first-order chi connectivity index (χ1) is 14.5. The second-order valence-corrected chi connectivity index (χ2v) is 6.25. The summed E-state index contributed by atoms with van der Waals surface area (Å²) in [5.41, 5.74) is 1.48. The van der Waals surface area contributed by atoms with E-state index in [4.69, 9.17) is 4.74 Å². The highest BCUT2D eigenvalue weighted by Gasteiger charge is 2.08. The normalized spacial score (nSPS) is 10.3. The van der Waals surface area contributed by atoms with Crippen molar-refractivity contribution in [1.82, 2.24) is 10.3 Å². The Morgan fingerprint density at radius 3 is 2.27 bits per heavy atom. The number of pyridine rings is 1. The number of methoxy groups -OCH3 is 1. The van der Waals surface area contributed by atoms with E-state index in [1.54, 1.807) is 36.4 Å². The molecule has 2 aromatic carbocycles. The minimum Gasteiger partial charge on any atom is -0.457 e. The molecule has 0 bridgehead atoms. The van der Waals surface area contributed by atoms with Gasteiger partial charge in [-0.1, -0.05) is 6.07 Å². The SMILES string of the molecule is COCC(=O)NCC(=O)Nc1cccc(-c2ccc(Oc3ccc(F)cc3)cc2)n1. The third-order valence-corrected chi connectivity index (χ3v) is 3.94. The average Bonchev–Trinajstić information content (AvgIpc) is 2.75. The Morgan fingerprint density at radius 1 is 0.933 bits per heavy atom. The number of nitrogens with one attached hydrogen (secondary N) is 2. The van der Waals surface area contributed by atoms with Gasteiger partial charge in [-0.25, -0.2) is 9.37 Å². The number of hydrogen-bond acceptors (Lipinski definition) is 5. The Labute approximate surface area is 172 Å². The fourth-order valence-corrected chi connectivity index (χ4v) is 2.55. The highest BCUT2D eigenvalue weighted by atomic mass is 19.1. The highest BCUT2D eigenvalue weighted by Crippen LogP contribution is 2.25. The molecule has 2 N–H and O–H groups in total. The molecule has 0 aliphatic carbocycles. The van der Waals surface area contributed by atoms with E-state index in [1.165, 1.54) is 19.2 Å². The van der Waals surface area contributed by atoms with Crippen LogP contribution in [0.25, 0.3) is 11.3 Å². The van der Waals surface area contributed by atoms with Gasteiger partial charge in [0.2, 0.25) is 11.8 Å². The van der Waals surface area contributed by atoms with E-state index in [9.17, 15) is 14.0 Å². The van der Waals surface area contributed by atoms with E-state index >= 15 is 0 Å². The van der Waals surface area contributed by atoms with Gasteiger partial charge in [-0.15, -0.1) is 0 Å². The molecule has 154 valence electrons. The first-order valence-corrected chi connectivity index (χ1v) is 9.10. The first kappa shape index (κ1) is 20.9. The Kier molecular flexibility index (Phi) is 7.07. The first-order valence-electron chi connectivity index (χ1n) is 9.10. The quantitative estimate of drug-likeness (QED) is 0.595. The maximum absolute atomic E-state index is 13.0. The number of ether oxygens (including phenoxy) is 2. The molecule has 0 fully saturated rings. The van der Waals surface area contributed by atoms with Gasteiger partial charge < -0.3 is 20.1 Å². The lowest BCUT2D eigenvalue weighted by molar-refractivity contribution is -0.127. The molecule has 7 nitrogen and oxygen atoms in total. The average molecular weight is 409 g/mol. The third-order valence-electron chi connectivity index (χ3n) is 3.94. The molecule has 8 heteroatoms. The second kappa shape index (κ2) is 10.1. The molecular weight excluding hydrogens is 389 g/mol. The molecule has 3 aromatic rings. The summed E-state index contributed by atoms with van der Waals surface area (Å²) in [7, 11) is 1.40. The van der Waals surface area contributed by atoms with Crippen molar-refractivity contribution in [2.75, 3.05) is 25.6 Å². The van der Waals surface area contributed by atoms with Gasteiger partial charge in [-0.3, -0.25) is 9.59 Å². The topological polar surface area (TPSA) is 89.5 Å². The highest BCUT2D eigenvalue weighted by molar-refractivity contribution is 5.94. The standard InChI is InChI=1S/C22H20FN3O4/c1-29-14-22(28)24-13-21(27)26-20-4-2-3-19(25-20)15-5-9-17(10-6-15)30-18-11-7-16(23)8-12-18/h2-12H,13-14H2,1H3,(H,24,28)(H,25,26,27). The minimum absolute atomic E-state index is 0.109. The number of halogens is 1. The van der Waals surface area contributed by atoms with E-state index in [2.05, 4.69) is 20.4 Å². The fourth-order valence-electron chi connectivity index (χ4n) is 2.55. The van der Waals surface area contributed by atoms with Crippen LogP contribution >= 0.6 is 0 Å². The summed E-state index contributed by atoms with van der Waals surface area (Å²) in [6.07, 6.45) is 0. The monoisotopic (exact) mass is 409 g/mol. The number of benzene rings is 2. The van der Waals surface area contributed by atoms with Crippen molar-refractivity contribution in [3.63, 3.8) is 0 Å². The van der Waals surface area contributed by atoms with Gasteiger partial charge >= 0.3 is 0 Å². The lowest BCUT2D eigenvalue weighted by Gasteiger charge is -2.09. The lowest BCUT2D eigenvalue weighted by Crippen LogP contribution is -2.35. The lowest BCUT2D eigenvalue weighted by atomic mass is 10.1. The van der Waals surface area contributed by atoms with Crippen molar-refractivity contribution in [3.05, 3.63) is 72.5 Å². The molecule has 2 amide bonds. The summed E-state index contributed by atoms with van der Waals surface area (Å²) in [5, 5.41) is 5.08. The smallest absolute Gasteiger partial charge is 0.246 e. The molecule has 30 heavy (non-hydrogen) atoms. The van der Waals surface area contributed by atoms with Gasteiger partial charge in [0, 0.05) is 12.7 Å². The summed E-state index contributed by atoms with van der Waals surface area (Å²) >= 11 is 0. The van der Waals surface area contributed by atoms with Crippen LogP contribution in [0.5, 0.6) is 11.5 Å². The molecule has 0 saturated heterocycles. The van der Waals surface area contributed by atoms with Crippen molar-refractivity contribution in [2.24, 2.45) is 0 Å². The van der Waals surface area contributed by atoms with E-state index in [-0.39, 0.29) is 24.9 Å². The van der Waals surface area contributed by atoms with Crippen molar-refractivity contribution in [1.29, 1.82) is 0 Å². The maximum Gasteiger partial charge on any atom is 0.246 e. The summed E-state index contributed by atoms with van der Waals surface area (Å²) in [6.45, 7) is -0.286. The molecule has 1 heterocycles. The van der Waals surface area contributed by atoms with Crippen molar-refractivity contribution >= 4 is 17.6 Å². The Bertz CT molecular complexity index is 1010. The van der Waals surface area contributed by atoms with Crippen molar-refractivity contribution in [3.8, 4) is 22.8 Å². The molecule has 0 saturated carbocycles. The largest absolute Gasteiger partial charge is 0.457 e. The molecule has 1 aromatic heterocycles. The van der Waals surface area contributed by atoms with Gasteiger partial charge in [-0.2, -0.15) is 0 Å². The molecule has 0 aliphatic heterocycles. The predicted molar refractivity (Wildman–Crippen MR) is 110 cm³/mol. The van der Waals surface area contributed by atoms with Crippen molar-refractivity contribution < 1.29 is 23.5 Å². The predicted octanol–water partition coefficient (Wildman–Crippen LogP) is 3.38. The Hall–Kier alpha value is -3.78. The number of amides is 2. The van der Waals surface area contributed by atoms with Crippen LogP contribution in [0.2, 0.25) is 0 Å².